The van der Waals surface area contributed by atoms with Crippen molar-refractivity contribution in [2.45, 2.75) is 20.0 Å². The van der Waals surface area contributed by atoms with Gasteiger partial charge in [0.15, 0.2) is 0 Å². The van der Waals surface area contributed by atoms with Crippen LogP contribution in [0, 0.1) is 0 Å². The summed E-state index contributed by atoms with van der Waals surface area (Å²) in [4.78, 5) is 4.18. The summed E-state index contributed by atoms with van der Waals surface area (Å²) < 4.78 is 12.1. The van der Waals surface area contributed by atoms with Crippen LogP contribution in [0.25, 0.3) is 0 Å². The molecule has 0 spiro atoms. The van der Waals surface area contributed by atoms with E-state index >= 15 is 0 Å². The molecule has 92 valence electrons. The molecule has 0 unspecified atom stereocenters. The Balaban J connectivity index is 2.22. The number of methoxy groups -OCH3 is 1. The molecule has 0 aliphatic carbocycles. The van der Waals surface area contributed by atoms with Gasteiger partial charge in [-0.05, 0) is 6.54 Å². The molecule has 1 rings (SSSR count). The van der Waals surface area contributed by atoms with E-state index in [9.17, 15) is 0 Å². The lowest BCUT2D eigenvalue weighted by atomic mass is 10.5. The zero-order valence-electron chi connectivity index (χ0n) is 9.98. The molecule has 0 aromatic carbocycles. The molecule has 1 heterocycles. The van der Waals surface area contributed by atoms with Crippen molar-refractivity contribution >= 4 is 0 Å². The highest BCUT2D eigenvalue weighted by molar-refractivity contribution is 4.83. The number of rotatable bonds is 9. The smallest absolute Gasteiger partial charge is 0.140 e. The first-order valence-corrected chi connectivity index (χ1v) is 5.52. The minimum atomic E-state index is 0.619. The first kappa shape index (κ1) is 13.1. The van der Waals surface area contributed by atoms with Gasteiger partial charge < -0.3 is 14.8 Å². The fourth-order valence-corrected chi connectivity index (χ4v) is 1.24. The summed E-state index contributed by atoms with van der Waals surface area (Å²) in [7, 11) is 1.66. The average Bonchev–Trinajstić information content (AvgIpc) is 2.74. The van der Waals surface area contributed by atoms with Gasteiger partial charge in [-0.2, -0.15) is 5.10 Å². The van der Waals surface area contributed by atoms with Gasteiger partial charge in [0, 0.05) is 7.11 Å². The molecule has 0 amide bonds. The third kappa shape index (κ3) is 4.69. The van der Waals surface area contributed by atoms with E-state index < -0.39 is 0 Å². The van der Waals surface area contributed by atoms with E-state index in [0.29, 0.717) is 19.8 Å². The zero-order chi connectivity index (χ0) is 11.6. The Morgan fingerprint density at radius 3 is 3.00 bits per heavy atom. The molecular weight excluding hydrogens is 208 g/mol. The molecule has 0 aliphatic heterocycles. The number of hydrogen-bond donors (Lipinski definition) is 1. The molecule has 1 aromatic rings. The number of hydrogen-bond acceptors (Lipinski definition) is 5. The maximum atomic E-state index is 5.37. The van der Waals surface area contributed by atoms with Gasteiger partial charge >= 0.3 is 0 Å². The maximum absolute atomic E-state index is 5.37. The quantitative estimate of drug-likeness (QED) is 0.605. The van der Waals surface area contributed by atoms with Gasteiger partial charge in [-0.15, -0.1) is 0 Å². The summed E-state index contributed by atoms with van der Waals surface area (Å²) in [6, 6.07) is 0. The van der Waals surface area contributed by atoms with Crippen LogP contribution in [0.2, 0.25) is 0 Å². The van der Waals surface area contributed by atoms with E-state index in [4.69, 9.17) is 9.47 Å². The average molecular weight is 228 g/mol. The first-order chi connectivity index (χ1) is 7.88. The lowest BCUT2D eigenvalue weighted by molar-refractivity contribution is 0.0650. The van der Waals surface area contributed by atoms with Crippen molar-refractivity contribution in [2.24, 2.45) is 0 Å². The fraction of sp³-hybridized carbons (Fsp3) is 0.800. The minimum Gasteiger partial charge on any atom is -0.382 e. The Morgan fingerprint density at radius 1 is 1.38 bits per heavy atom. The van der Waals surface area contributed by atoms with Crippen LogP contribution in [0.15, 0.2) is 6.33 Å². The van der Waals surface area contributed by atoms with Gasteiger partial charge in [-0.3, -0.25) is 0 Å². The number of nitrogens with one attached hydrogen (secondary N) is 1. The van der Waals surface area contributed by atoms with E-state index in [0.717, 1.165) is 25.5 Å². The molecule has 0 bridgehead atoms. The summed E-state index contributed by atoms with van der Waals surface area (Å²) in [5.41, 5.74) is 0. The van der Waals surface area contributed by atoms with Crippen LogP contribution in [0.5, 0.6) is 0 Å². The van der Waals surface area contributed by atoms with Crippen LogP contribution >= 0.6 is 0 Å². The molecule has 16 heavy (non-hydrogen) atoms. The highest BCUT2D eigenvalue weighted by atomic mass is 16.5. The van der Waals surface area contributed by atoms with Gasteiger partial charge in [-0.1, -0.05) is 6.92 Å². The zero-order valence-corrected chi connectivity index (χ0v) is 9.98. The van der Waals surface area contributed by atoms with Crippen molar-refractivity contribution < 1.29 is 9.47 Å². The van der Waals surface area contributed by atoms with E-state index in [-0.39, 0.29) is 0 Å². The standard InChI is InChI=1S/C10H20N4O2/c1-3-11-8-10-12-9-13-14(10)4-5-16-7-6-15-2/h9,11H,3-8H2,1-2H3. The Hall–Kier alpha value is -0.980. The van der Waals surface area contributed by atoms with Crippen molar-refractivity contribution in [3.63, 3.8) is 0 Å². The summed E-state index contributed by atoms with van der Waals surface area (Å²) in [6.45, 7) is 6.34. The highest BCUT2D eigenvalue weighted by Crippen LogP contribution is 1.93. The lowest BCUT2D eigenvalue weighted by Gasteiger charge is -2.07. The second-order valence-electron chi connectivity index (χ2n) is 3.28. The van der Waals surface area contributed by atoms with Crippen molar-refractivity contribution in [1.82, 2.24) is 20.1 Å². The number of ether oxygens (including phenoxy) is 2. The molecule has 0 saturated carbocycles. The van der Waals surface area contributed by atoms with Gasteiger partial charge in [0.1, 0.15) is 12.2 Å². The Morgan fingerprint density at radius 2 is 2.25 bits per heavy atom. The minimum absolute atomic E-state index is 0.619. The molecule has 0 saturated heterocycles. The van der Waals surface area contributed by atoms with E-state index in [1.54, 1.807) is 13.4 Å². The van der Waals surface area contributed by atoms with Crippen LogP contribution in [-0.2, 0) is 22.6 Å². The van der Waals surface area contributed by atoms with Crippen molar-refractivity contribution in [1.29, 1.82) is 0 Å². The molecule has 0 radical (unpaired) electrons. The third-order valence-electron chi connectivity index (χ3n) is 2.11. The predicted octanol–water partition coefficient (Wildman–Crippen LogP) is 0.0506. The van der Waals surface area contributed by atoms with Gasteiger partial charge in [0.2, 0.25) is 0 Å². The van der Waals surface area contributed by atoms with Crippen LogP contribution in [0.3, 0.4) is 0 Å². The van der Waals surface area contributed by atoms with E-state index in [1.807, 2.05) is 4.68 Å². The Labute approximate surface area is 96.0 Å². The molecule has 6 heteroatoms. The lowest BCUT2D eigenvalue weighted by Crippen LogP contribution is -2.19. The van der Waals surface area contributed by atoms with Crippen molar-refractivity contribution in [2.75, 3.05) is 33.5 Å². The second-order valence-corrected chi connectivity index (χ2v) is 3.28. The molecular formula is C10H20N4O2. The normalized spacial score (nSPS) is 10.9. The summed E-state index contributed by atoms with van der Waals surface area (Å²) >= 11 is 0. The Bertz CT molecular complexity index is 278. The molecule has 0 fully saturated rings. The first-order valence-electron chi connectivity index (χ1n) is 5.52. The van der Waals surface area contributed by atoms with Crippen LogP contribution in [-0.4, -0.2) is 48.2 Å². The summed E-state index contributed by atoms with van der Waals surface area (Å²) in [5.74, 6) is 0.942. The second kappa shape index (κ2) is 8.20. The number of nitrogens with zero attached hydrogens (tertiary/aromatic N) is 3. The molecule has 0 aliphatic rings. The molecule has 1 N–H and O–H groups in total. The summed E-state index contributed by atoms with van der Waals surface area (Å²) in [5, 5.41) is 7.36. The number of aromatic nitrogens is 3. The highest BCUT2D eigenvalue weighted by Gasteiger charge is 2.02. The predicted molar refractivity (Wildman–Crippen MR) is 60.1 cm³/mol. The van der Waals surface area contributed by atoms with Crippen molar-refractivity contribution in [3.8, 4) is 0 Å². The largest absolute Gasteiger partial charge is 0.382 e. The van der Waals surface area contributed by atoms with E-state index in [1.165, 1.54) is 0 Å². The van der Waals surface area contributed by atoms with Crippen LogP contribution in [0.4, 0.5) is 0 Å². The molecule has 1 aromatic heterocycles. The molecule has 6 nitrogen and oxygen atoms in total. The van der Waals surface area contributed by atoms with Gasteiger partial charge in [0.05, 0.1) is 32.9 Å². The Kier molecular flexibility index (Phi) is 6.71. The SMILES string of the molecule is CCNCc1ncnn1CCOCCOC. The molecule has 0 atom stereocenters. The van der Waals surface area contributed by atoms with Crippen molar-refractivity contribution in [3.05, 3.63) is 12.2 Å². The monoisotopic (exact) mass is 228 g/mol. The van der Waals surface area contributed by atoms with Crippen LogP contribution in [0.1, 0.15) is 12.7 Å². The van der Waals surface area contributed by atoms with Gasteiger partial charge in [-0.25, -0.2) is 9.67 Å². The van der Waals surface area contributed by atoms with E-state index in [2.05, 4.69) is 22.3 Å². The van der Waals surface area contributed by atoms with Gasteiger partial charge in [0.25, 0.3) is 0 Å². The van der Waals surface area contributed by atoms with Crippen LogP contribution < -0.4 is 5.32 Å². The fourth-order valence-electron chi connectivity index (χ4n) is 1.24. The maximum Gasteiger partial charge on any atom is 0.140 e. The summed E-state index contributed by atoms with van der Waals surface area (Å²) in [6.07, 6.45) is 1.57. The topological polar surface area (TPSA) is 61.2 Å². The third-order valence-corrected chi connectivity index (χ3v) is 2.11.